The van der Waals surface area contributed by atoms with Crippen LogP contribution in [0.5, 0.6) is 11.5 Å². The van der Waals surface area contributed by atoms with E-state index in [2.05, 4.69) is 37.1 Å². The first kappa shape index (κ1) is 26.4. The lowest BCUT2D eigenvalue weighted by Gasteiger charge is -2.10. The Morgan fingerprint density at radius 3 is 2.42 bits per heavy atom. The molecule has 0 saturated heterocycles. The van der Waals surface area contributed by atoms with Gasteiger partial charge in [-0.15, -0.1) is 0 Å². The summed E-state index contributed by atoms with van der Waals surface area (Å²) in [5.74, 6) is -1.13. The highest BCUT2D eigenvalue weighted by atomic mass is 79.9. The van der Waals surface area contributed by atoms with Gasteiger partial charge in [-0.2, -0.15) is 5.10 Å². The molecule has 186 valence electrons. The van der Waals surface area contributed by atoms with Gasteiger partial charge in [0.05, 0.1) is 18.5 Å². The Labute approximate surface area is 217 Å². The van der Waals surface area contributed by atoms with E-state index < -0.39 is 11.8 Å². The van der Waals surface area contributed by atoms with Crippen LogP contribution in [0.1, 0.15) is 18.1 Å². The number of halogens is 1. The Kier molecular flexibility index (Phi) is 9.58. The van der Waals surface area contributed by atoms with E-state index in [1.54, 1.807) is 54.6 Å². The van der Waals surface area contributed by atoms with Gasteiger partial charge < -0.3 is 20.1 Å². The minimum atomic E-state index is -0.926. The zero-order valence-corrected chi connectivity index (χ0v) is 21.3. The van der Waals surface area contributed by atoms with E-state index in [0.717, 1.165) is 10.0 Å². The maximum Gasteiger partial charge on any atom is 0.329 e. The molecule has 3 amide bonds. The second kappa shape index (κ2) is 13.1. The van der Waals surface area contributed by atoms with Crippen molar-refractivity contribution in [3.05, 3.63) is 82.3 Å². The van der Waals surface area contributed by atoms with E-state index in [1.165, 1.54) is 6.21 Å². The Balaban J connectivity index is 1.45. The SMILES string of the molecule is CCOc1ccccc1NC(=O)C(=O)N/N=C\c1ccc(OCC(=O)Nc2ccc(Br)c(C)c2)cc1. The molecule has 0 bridgehead atoms. The minimum Gasteiger partial charge on any atom is -0.492 e. The summed E-state index contributed by atoms with van der Waals surface area (Å²) in [6, 6.07) is 19.0. The van der Waals surface area contributed by atoms with Crippen molar-refractivity contribution in [2.45, 2.75) is 13.8 Å². The summed E-state index contributed by atoms with van der Waals surface area (Å²) in [5, 5.41) is 9.07. The zero-order valence-electron chi connectivity index (χ0n) is 19.7. The minimum absolute atomic E-state index is 0.153. The topological polar surface area (TPSA) is 118 Å². The van der Waals surface area contributed by atoms with Gasteiger partial charge in [0.2, 0.25) is 0 Å². The van der Waals surface area contributed by atoms with Crippen LogP contribution in [0.15, 0.2) is 76.3 Å². The van der Waals surface area contributed by atoms with Crippen LogP contribution in [0.2, 0.25) is 0 Å². The lowest BCUT2D eigenvalue weighted by atomic mass is 10.2. The lowest BCUT2D eigenvalue weighted by Crippen LogP contribution is -2.32. The summed E-state index contributed by atoms with van der Waals surface area (Å²) >= 11 is 3.42. The first-order chi connectivity index (χ1) is 17.4. The van der Waals surface area contributed by atoms with Crippen molar-refractivity contribution in [2.75, 3.05) is 23.8 Å². The second-order valence-corrected chi connectivity index (χ2v) is 8.31. The van der Waals surface area contributed by atoms with Crippen LogP contribution in [-0.2, 0) is 14.4 Å². The molecule has 0 unspecified atom stereocenters. The van der Waals surface area contributed by atoms with Gasteiger partial charge in [-0.3, -0.25) is 14.4 Å². The van der Waals surface area contributed by atoms with Crippen LogP contribution in [-0.4, -0.2) is 37.1 Å². The van der Waals surface area contributed by atoms with E-state index in [-0.39, 0.29) is 12.5 Å². The van der Waals surface area contributed by atoms with Crippen LogP contribution in [0.3, 0.4) is 0 Å². The number of benzene rings is 3. The van der Waals surface area contributed by atoms with Crippen molar-refractivity contribution < 1.29 is 23.9 Å². The third-order valence-corrected chi connectivity index (χ3v) is 5.60. The monoisotopic (exact) mass is 552 g/mol. The second-order valence-electron chi connectivity index (χ2n) is 7.45. The fourth-order valence-electron chi connectivity index (χ4n) is 2.97. The third kappa shape index (κ3) is 7.95. The molecule has 0 heterocycles. The van der Waals surface area contributed by atoms with Gasteiger partial charge in [0.15, 0.2) is 6.61 Å². The molecule has 36 heavy (non-hydrogen) atoms. The van der Waals surface area contributed by atoms with Crippen molar-refractivity contribution >= 4 is 51.2 Å². The Bertz CT molecular complexity index is 1260. The molecule has 10 heteroatoms. The van der Waals surface area contributed by atoms with Gasteiger partial charge in [0.1, 0.15) is 11.5 Å². The molecular formula is C26H25BrN4O5. The highest BCUT2D eigenvalue weighted by molar-refractivity contribution is 9.10. The van der Waals surface area contributed by atoms with E-state index in [0.29, 0.717) is 35.0 Å². The number of carbonyl (C=O) groups is 3. The number of hydrogen-bond donors (Lipinski definition) is 3. The number of rotatable bonds is 9. The number of carbonyl (C=O) groups excluding carboxylic acids is 3. The number of nitrogens with one attached hydrogen (secondary N) is 3. The summed E-state index contributed by atoms with van der Waals surface area (Å²) in [6.07, 6.45) is 1.38. The fraction of sp³-hybridized carbons (Fsp3) is 0.154. The van der Waals surface area contributed by atoms with Gasteiger partial charge >= 0.3 is 11.8 Å². The molecule has 3 N–H and O–H groups in total. The number of nitrogens with zero attached hydrogens (tertiary/aromatic N) is 1. The molecule has 9 nitrogen and oxygen atoms in total. The van der Waals surface area contributed by atoms with Crippen molar-refractivity contribution in [2.24, 2.45) is 5.10 Å². The summed E-state index contributed by atoms with van der Waals surface area (Å²) in [4.78, 5) is 36.3. The zero-order chi connectivity index (χ0) is 25.9. The highest BCUT2D eigenvalue weighted by Gasteiger charge is 2.15. The molecule has 3 aromatic carbocycles. The molecule has 0 aliphatic rings. The molecule has 0 radical (unpaired) electrons. The number of amides is 3. The molecular weight excluding hydrogens is 528 g/mol. The van der Waals surface area contributed by atoms with Crippen molar-refractivity contribution in [3.8, 4) is 11.5 Å². The average Bonchev–Trinajstić information content (AvgIpc) is 2.87. The molecule has 0 spiro atoms. The molecule has 0 aliphatic heterocycles. The maximum absolute atomic E-state index is 12.1. The average molecular weight is 553 g/mol. The number of para-hydroxylation sites is 2. The van der Waals surface area contributed by atoms with Gasteiger partial charge in [-0.05, 0) is 79.6 Å². The van der Waals surface area contributed by atoms with Crippen molar-refractivity contribution in [3.63, 3.8) is 0 Å². The van der Waals surface area contributed by atoms with Gasteiger partial charge in [-0.1, -0.05) is 28.1 Å². The Morgan fingerprint density at radius 2 is 1.69 bits per heavy atom. The van der Waals surface area contributed by atoms with E-state index in [1.807, 2.05) is 26.0 Å². The number of hydrazone groups is 1. The van der Waals surface area contributed by atoms with Gasteiger partial charge in [0, 0.05) is 10.2 Å². The lowest BCUT2D eigenvalue weighted by molar-refractivity contribution is -0.136. The third-order valence-electron chi connectivity index (χ3n) is 4.71. The molecule has 3 rings (SSSR count). The molecule has 3 aromatic rings. The van der Waals surface area contributed by atoms with Crippen LogP contribution in [0.4, 0.5) is 11.4 Å². The number of aryl methyl sites for hydroxylation is 1. The Morgan fingerprint density at radius 1 is 0.944 bits per heavy atom. The maximum atomic E-state index is 12.1. The first-order valence-electron chi connectivity index (χ1n) is 11.0. The molecule has 0 saturated carbocycles. The molecule has 0 aromatic heterocycles. The van der Waals surface area contributed by atoms with Crippen LogP contribution < -0.4 is 25.5 Å². The quantitative estimate of drug-likeness (QED) is 0.208. The van der Waals surface area contributed by atoms with Crippen molar-refractivity contribution in [1.29, 1.82) is 0 Å². The summed E-state index contributed by atoms with van der Waals surface area (Å²) in [5.41, 5.74) is 4.91. The fourth-order valence-corrected chi connectivity index (χ4v) is 3.21. The van der Waals surface area contributed by atoms with E-state index >= 15 is 0 Å². The van der Waals surface area contributed by atoms with Crippen LogP contribution in [0.25, 0.3) is 0 Å². The van der Waals surface area contributed by atoms with Gasteiger partial charge in [0.25, 0.3) is 5.91 Å². The van der Waals surface area contributed by atoms with Crippen LogP contribution in [0, 0.1) is 6.92 Å². The number of hydrogen-bond acceptors (Lipinski definition) is 6. The standard InChI is InChI=1S/C26H25BrN4O5/c1-3-35-23-7-5-4-6-22(23)30-25(33)26(34)31-28-15-18-8-11-20(12-9-18)36-16-24(32)29-19-10-13-21(27)17(2)14-19/h4-15H,3,16H2,1-2H3,(H,29,32)(H,30,33)(H,31,34)/b28-15-. The summed E-state index contributed by atoms with van der Waals surface area (Å²) in [6.45, 7) is 4.03. The molecule has 0 aliphatic carbocycles. The van der Waals surface area contributed by atoms with Gasteiger partial charge in [-0.25, -0.2) is 5.43 Å². The summed E-state index contributed by atoms with van der Waals surface area (Å²) in [7, 11) is 0. The van der Waals surface area contributed by atoms with E-state index in [4.69, 9.17) is 9.47 Å². The highest BCUT2D eigenvalue weighted by Crippen LogP contribution is 2.23. The predicted octanol–water partition coefficient (Wildman–Crippen LogP) is 4.26. The van der Waals surface area contributed by atoms with Crippen LogP contribution >= 0.6 is 15.9 Å². The van der Waals surface area contributed by atoms with E-state index in [9.17, 15) is 14.4 Å². The van der Waals surface area contributed by atoms with Crippen molar-refractivity contribution in [1.82, 2.24) is 5.43 Å². The number of ether oxygens (including phenoxy) is 2. The predicted molar refractivity (Wildman–Crippen MR) is 141 cm³/mol. The smallest absolute Gasteiger partial charge is 0.329 e. The molecule has 0 atom stereocenters. The molecule has 0 fully saturated rings. The Hall–Kier alpha value is -4.18. The normalized spacial score (nSPS) is 10.5. The first-order valence-corrected chi connectivity index (χ1v) is 11.8. The largest absolute Gasteiger partial charge is 0.492 e. The number of anilines is 2. The summed E-state index contributed by atoms with van der Waals surface area (Å²) < 4.78 is 11.9.